The average Bonchev–Trinajstić information content (AvgIpc) is 2.66. The highest BCUT2D eigenvalue weighted by Crippen LogP contribution is 2.31. The number of rotatable bonds is 2. The molecule has 0 aliphatic heterocycles. The number of hydrogen-bond acceptors (Lipinski definition) is 3. The monoisotopic (exact) mass is 274 g/mol. The smallest absolute Gasteiger partial charge is 0.484 e. The van der Waals surface area contributed by atoms with E-state index in [4.69, 9.17) is 0 Å². The van der Waals surface area contributed by atoms with Crippen LogP contribution in [0.1, 0.15) is 39.5 Å². The molecule has 2 N–H and O–H groups in total. The third-order valence-corrected chi connectivity index (χ3v) is 3.36. The van der Waals surface area contributed by atoms with Gasteiger partial charge in [-0.3, -0.25) is 10.3 Å². The summed E-state index contributed by atoms with van der Waals surface area (Å²) in [6.45, 7) is 3.73. The summed E-state index contributed by atoms with van der Waals surface area (Å²) in [5.41, 5.74) is -0.759. The highest BCUT2D eigenvalue weighted by molar-refractivity contribution is 7.72. The lowest BCUT2D eigenvalue weighted by molar-refractivity contribution is 0.0525. The van der Waals surface area contributed by atoms with Crippen LogP contribution >= 0.6 is 0 Å². The number of nitroso groups, excluding NO2 is 1. The van der Waals surface area contributed by atoms with Crippen molar-refractivity contribution < 1.29 is 9.66 Å². The summed E-state index contributed by atoms with van der Waals surface area (Å²) in [5.74, 6) is 0.640. The van der Waals surface area contributed by atoms with Crippen LogP contribution in [0.4, 0.5) is 0 Å². The maximum absolute atomic E-state index is 10.8. The fourth-order valence-electron chi connectivity index (χ4n) is 2.00. The van der Waals surface area contributed by atoms with Gasteiger partial charge >= 0.3 is 5.11 Å². The maximum atomic E-state index is 10.8. The van der Waals surface area contributed by atoms with Gasteiger partial charge in [-0.2, -0.15) is 0 Å². The van der Waals surface area contributed by atoms with Crippen LogP contribution in [0, 0.1) is 4.54 Å². The van der Waals surface area contributed by atoms with Crippen LogP contribution in [0.2, 0.25) is 0 Å². The minimum absolute atomic E-state index is 0.121. The zero-order chi connectivity index (χ0) is 13.6. The van der Waals surface area contributed by atoms with Crippen LogP contribution in [0.25, 0.3) is 0 Å². The molecule has 1 saturated carbocycles. The van der Waals surface area contributed by atoms with Gasteiger partial charge in [0.25, 0.3) is 7.11 Å². The molecule has 0 aromatic carbocycles. The summed E-state index contributed by atoms with van der Waals surface area (Å²) >= 11 is 0.217. The highest BCUT2D eigenvalue weighted by atomic mass is 32.2. The molecule has 18 heavy (non-hydrogen) atoms. The molecule has 0 amide bonds. The van der Waals surface area contributed by atoms with Crippen LogP contribution in [0.3, 0.4) is 0 Å². The second-order valence-electron chi connectivity index (χ2n) is 4.48. The molecule has 0 aromatic heterocycles. The molecule has 0 spiro atoms. The molecule has 7 heteroatoms. The Balaban J connectivity index is 2.77. The summed E-state index contributed by atoms with van der Waals surface area (Å²) in [5, 5.41) is 16.6. The van der Waals surface area contributed by atoms with Gasteiger partial charge in [0, 0.05) is 6.42 Å². The SMILES string of the molecule is CCC(=NC1CCC[C@@]1(C)O)NC(N=[O+]C)=[S+][O-]. The van der Waals surface area contributed by atoms with Crippen molar-refractivity contribution in [3.8, 4) is 0 Å². The lowest BCUT2D eigenvalue weighted by Crippen LogP contribution is -2.36. The molecule has 0 bridgehead atoms. The van der Waals surface area contributed by atoms with Gasteiger partial charge in [-0.15, -0.1) is 4.54 Å². The van der Waals surface area contributed by atoms with Crippen molar-refractivity contribution in [3.63, 3.8) is 0 Å². The Morgan fingerprint density at radius 3 is 2.83 bits per heavy atom. The predicted octanol–water partition coefficient (Wildman–Crippen LogP) is 0.920. The molecule has 0 radical (unpaired) electrons. The number of aliphatic imine (C=N–C) groups is 1. The average molecular weight is 274 g/mol. The second-order valence-corrected chi connectivity index (χ2v) is 5.04. The van der Waals surface area contributed by atoms with Crippen LogP contribution in [-0.2, 0) is 11.6 Å². The van der Waals surface area contributed by atoms with Gasteiger partial charge in [0.05, 0.1) is 11.6 Å². The molecule has 1 rings (SSSR count). The molecule has 102 valence electrons. The van der Waals surface area contributed by atoms with Gasteiger partial charge in [0.2, 0.25) is 16.8 Å². The molecule has 2 atom stereocenters. The van der Waals surface area contributed by atoms with Crippen molar-refractivity contribution in [1.29, 1.82) is 0 Å². The predicted molar refractivity (Wildman–Crippen MR) is 74.0 cm³/mol. The van der Waals surface area contributed by atoms with Crippen molar-refractivity contribution in [1.82, 2.24) is 5.32 Å². The largest absolute Gasteiger partial charge is 0.541 e. The molecule has 1 aliphatic rings. The highest BCUT2D eigenvalue weighted by Gasteiger charge is 2.36. The maximum Gasteiger partial charge on any atom is 0.484 e. The first-order valence-corrected chi connectivity index (χ1v) is 6.74. The summed E-state index contributed by atoms with van der Waals surface area (Å²) in [6.07, 6.45) is 3.22. The Morgan fingerprint density at radius 1 is 1.67 bits per heavy atom. The van der Waals surface area contributed by atoms with E-state index in [9.17, 15) is 9.66 Å². The first kappa shape index (κ1) is 15.1. The molecular weight excluding hydrogens is 254 g/mol. The number of amidine groups is 1. The molecule has 1 aliphatic carbocycles. The van der Waals surface area contributed by atoms with Gasteiger partial charge in [-0.05, 0) is 26.2 Å². The van der Waals surface area contributed by atoms with E-state index in [1.807, 2.05) is 6.92 Å². The zero-order valence-corrected chi connectivity index (χ0v) is 11.8. The van der Waals surface area contributed by atoms with Crippen LogP contribution in [0.5, 0.6) is 0 Å². The normalized spacial score (nSPS) is 30.2. The number of nitrogens with zero attached hydrogens (tertiary/aromatic N) is 2. The van der Waals surface area contributed by atoms with Crippen LogP contribution in [-0.4, -0.2) is 39.4 Å². The van der Waals surface area contributed by atoms with Gasteiger partial charge in [-0.1, -0.05) is 6.92 Å². The van der Waals surface area contributed by atoms with Gasteiger partial charge in [0.1, 0.15) is 5.84 Å². The first-order chi connectivity index (χ1) is 8.53. The quantitative estimate of drug-likeness (QED) is 0.258. The summed E-state index contributed by atoms with van der Waals surface area (Å²) in [4.78, 5) is 4.48. The van der Waals surface area contributed by atoms with E-state index < -0.39 is 5.60 Å². The third-order valence-electron chi connectivity index (χ3n) is 3.03. The van der Waals surface area contributed by atoms with E-state index >= 15 is 0 Å². The van der Waals surface area contributed by atoms with Gasteiger partial charge in [-0.25, -0.2) is 0 Å². The number of aliphatic hydroxyl groups is 1. The van der Waals surface area contributed by atoms with Crippen molar-refractivity contribution in [2.45, 2.75) is 51.2 Å². The second kappa shape index (κ2) is 6.86. The van der Waals surface area contributed by atoms with Gasteiger partial charge < -0.3 is 9.66 Å². The van der Waals surface area contributed by atoms with E-state index in [-0.39, 0.29) is 22.8 Å². The molecule has 6 nitrogen and oxygen atoms in total. The topological polar surface area (TPSA) is 91.3 Å². The first-order valence-electron chi connectivity index (χ1n) is 6.00. The van der Waals surface area contributed by atoms with Crippen molar-refractivity contribution in [2.24, 2.45) is 10.2 Å². The summed E-state index contributed by atoms with van der Waals surface area (Å²) in [7, 11) is 1.38. The van der Waals surface area contributed by atoms with Gasteiger partial charge in [0.15, 0.2) is 0 Å². The van der Waals surface area contributed by atoms with E-state index in [1.54, 1.807) is 6.92 Å². The lowest BCUT2D eigenvalue weighted by atomic mass is 10.0. The minimum atomic E-state index is -0.759. The Labute approximate surface area is 111 Å². The zero-order valence-electron chi connectivity index (χ0n) is 11.0. The summed E-state index contributed by atoms with van der Waals surface area (Å²) in [6, 6.07) is -0.125. The number of nitrogens with one attached hydrogen (secondary N) is 1. The third kappa shape index (κ3) is 4.08. The molecule has 1 unspecified atom stereocenters. The number of hydrogen-bond donors (Lipinski definition) is 2. The molecule has 0 heterocycles. The fourth-order valence-corrected chi connectivity index (χ4v) is 2.26. The van der Waals surface area contributed by atoms with E-state index in [1.165, 1.54) is 7.11 Å². The molecule has 1 fully saturated rings. The Hall–Kier alpha value is -0.920. The standard InChI is InChI=1S/C11H20N3O3S/c1-4-9(13-10(18-16)14-17-3)12-8-6-5-7-11(8,2)15/h8,15H,4-7H2,1-3H3,(H,12,13)/q+1/t8?,11-/m1/s1. The van der Waals surface area contributed by atoms with E-state index in [2.05, 4.69) is 20.0 Å². The Bertz CT molecular complexity index is 367. The van der Waals surface area contributed by atoms with Crippen molar-refractivity contribution >= 4 is 22.6 Å². The Morgan fingerprint density at radius 2 is 2.39 bits per heavy atom. The van der Waals surface area contributed by atoms with Crippen molar-refractivity contribution in [2.75, 3.05) is 7.11 Å². The van der Waals surface area contributed by atoms with E-state index in [0.717, 1.165) is 19.3 Å². The van der Waals surface area contributed by atoms with Crippen LogP contribution in [0.15, 0.2) is 10.2 Å². The molecule has 0 aromatic rings. The lowest BCUT2D eigenvalue weighted by Gasteiger charge is -2.22. The molecule has 0 saturated heterocycles. The molecular formula is C11H20N3O3S+. The van der Waals surface area contributed by atoms with Crippen molar-refractivity contribution in [3.05, 3.63) is 4.54 Å². The van der Waals surface area contributed by atoms with E-state index in [0.29, 0.717) is 12.3 Å². The minimum Gasteiger partial charge on any atom is -0.541 e. The van der Waals surface area contributed by atoms with Crippen LogP contribution < -0.4 is 5.32 Å². The fraction of sp³-hybridized carbons (Fsp3) is 0.818. The Kier molecular flexibility index (Phi) is 5.77. The summed E-state index contributed by atoms with van der Waals surface area (Å²) < 4.78 is 15.3.